The van der Waals surface area contributed by atoms with Gasteiger partial charge in [0, 0.05) is 32.7 Å². The highest BCUT2D eigenvalue weighted by atomic mass is 35.5. The Bertz CT molecular complexity index is 388. The van der Waals surface area contributed by atoms with Gasteiger partial charge >= 0.3 is 0 Å². The molecule has 1 atom stereocenters. The van der Waals surface area contributed by atoms with Gasteiger partial charge in [-0.25, -0.2) is 0 Å². The van der Waals surface area contributed by atoms with E-state index in [1.165, 1.54) is 0 Å². The monoisotopic (exact) mass is 313 g/mol. The van der Waals surface area contributed by atoms with E-state index in [-0.39, 0.29) is 30.6 Å². The molecule has 1 rings (SSSR count). The van der Waals surface area contributed by atoms with E-state index in [0.29, 0.717) is 32.7 Å². The maximum Gasteiger partial charge on any atom is 0.240 e. The molecule has 6 heteroatoms. The lowest BCUT2D eigenvalue weighted by atomic mass is 10.1. The molecular formula is C15H24ClN3O2. The number of nitrogens with zero attached hydrogens (tertiary/aromatic N) is 2. The van der Waals surface area contributed by atoms with E-state index in [9.17, 15) is 9.59 Å². The molecule has 1 N–H and O–H groups in total. The zero-order chi connectivity index (χ0) is 15.0. The fourth-order valence-electron chi connectivity index (χ4n) is 2.18. The molecule has 1 heterocycles. The van der Waals surface area contributed by atoms with Gasteiger partial charge in [0.1, 0.15) is 0 Å². The van der Waals surface area contributed by atoms with Crippen molar-refractivity contribution < 1.29 is 9.59 Å². The Morgan fingerprint density at radius 3 is 2.43 bits per heavy atom. The van der Waals surface area contributed by atoms with Crippen molar-refractivity contribution in [1.29, 1.82) is 0 Å². The van der Waals surface area contributed by atoms with Crippen LogP contribution in [0.3, 0.4) is 0 Å². The molecular weight excluding hydrogens is 290 g/mol. The van der Waals surface area contributed by atoms with Crippen molar-refractivity contribution in [2.45, 2.75) is 12.5 Å². The molecule has 0 aromatic rings. The molecule has 0 bridgehead atoms. The minimum Gasteiger partial charge on any atom is -0.336 e. The molecule has 1 fully saturated rings. The number of amides is 2. The molecule has 1 unspecified atom stereocenters. The van der Waals surface area contributed by atoms with Gasteiger partial charge < -0.3 is 15.1 Å². The SMILES string of the molecule is C=CCN(CC=C)C(=O)CC1NCCN(CC=C)C1=O.Cl. The van der Waals surface area contributed by atoms with Crippen molar-refractivity contribution in [2.75, 3.05) is 32.7 Å². The molecule has 1 aliphatic rings. The second-order valence-corrected chi connectivity index (χ2v) is 4.66. The molecule has 0 aromatic heterocycles. The van der Waals surface area contributed by atoms with Gasteiger partial charge in [-0.3, -0.25) is 9.59 Å². The maximum atomic E-state index is 12.2. The molecule has 1 aliphatic heterocycles. The first kappa shape index (κ1) is 19.4. The summed E-state index contributed by atoms with van der Waals surface area (Å²) in [7, 11) is 0. The number of hydrogen-bond acceptors (Lipinski definition) is 3. The van der Waals surface area contributed by atoms with Gasteiger partial charge in [-0.1, -0.05) is 18.2 Å². The third-order valence-electron chi connectivity index (χ3n) is 3.16. The number of nitrogens with one attached hydrogen (secondary N) is 1. The smallest absolute Gasteiger partial charge is 0.240 e. The molecule has 21 heavy (non-hydrogen) atoms. The highest BCUT2D eigenvalue weighted by Gasteiger charge is 2.30. The van der Waals surface area contributed by atoms with Crippen molar-refractivity contribution in [3.8, 4) is 0 Å². The van der Waals surface area contributed by atoms with Crippen LogP contribution in [0, 0.1) is 0 Å². The van der Waals surface area contributed by atoms with E-state index in [4.69, 9.17) is 0 Å². The van der Waals surface area contributed by atoms with Crippen LogP contribution in [0.15, 0.2) is 38.0 Å². The molecule has 0 aliphatic carbocycles. The summed E-state index contributed by atoms with van der Waals surface area (Å²) in [6.45, 7) is 13.7. The summed E-state index contributed by atoms with van der Waals surface area (Å²) in [5.41, 5.74) is 0. The van der Waals surface area contributed by atoms with Gasteiger partial charge in [-0.05, 0) is 0 Å². The van der Waals surface area contributed by atoms with Crippen LogP contribution in [0.2, 0.25) is 0 Å². The minimum atomic E-state index is -0.451. The Labute approximate surface area is 132 Å². The first-order valence-corrected chi connectivity index (χ1v) is 6.76. The Morgan fingerprint density at radius 2 is 1.90 bits per heavy atom. The first-order chi connectivity index (χ1) is 9.63. The summed E-state index contributed by atoms with van der Waals surface area (Å²) < 4.78 is 0. The number of carbonyl (C=O) groups is 2. The normalized spacial score (nSPS) is 17.6. The molecule has 0 aromatic carbocycles. The lowest BCUT2D eigenvalue weighted by Gasteiger charge is -2.33. The van der Waals surface area contributed by atoms with Crippen molar-refractivity contribution in [3.63, 3.8) is 0 Å². The van der Waals surface area contributed by atoms with E-state index in [1.807, 2.05) is 0 Å². The third kappa shape index (κ3) is 5.73. The number of piperazine rings is 1. The van der Waals surface area contributed by atoms with Crippen LogP contribution in [0.4, 0.5) is 0 Å². The van der Waals surface area contributed by atoms with E-state index >= 15 is 0 Å². The van der Waals surface area contributed by atoms with Gasteiger partial charge in [-0.15, -0.1) is 32.1 Å². The predicted molar refractivity (Wildman–Crippen MR) is 87.4 cm³/mol. The fourth-order valence-corrected chi connectivity index (χ4v) is 2.18. The molecule has 0 saturated carbocycles. The van der Waals surface area contributed by atoms with E-state index in [2.05, 4.69) is 25.1 Å². The molecule has 0 radical (unpaired) electrons. The third-order valence-corrected chi connectivity index (χ3v) is 3.16. The number of hydrogen-bond donors (Lipinski definition) is 1. The highest BCUT2D eigenvalue weighted by molar-refractivity contribution is 5.89. The molecule has 118 valence electrons. The molecule has 1 saturated heterocycles. The summed E-state index contributed by atoms with van der Waals surface area (Å²) in [5, 5.41) is 3.10. The Morgan fingerprint density at radius 1 is 1.29 bits per heavy atom. The summed E-state index contributed by atoms with van der Waals surface area (Å²) in [4.78, 5) is 27.7. The van der Waals surface area contributed by atoms with Crippen LogP contribution in [0.5, 0.6) is 0 Å². The molecule has 2 amide bonds. The van der Waals surface area contributed by atoms with Gasteiger partial charge in [0.15, 0.2) is 0 Å². The lowest BCUT2D eigenvalue weighted by molar-refractivity contribution is -0.140. The van der Waals surface area contributed by atoms with Crippen LogP contribution in [0.1, 0.15) is 6.42 Å². The van der Waals surface area contributed by atoms with Crippen LogP contribution < -0.4 is 5.32 Å². The second-order valence-electron chi connectivity index (χ2n) is 4.66. The van der Waals surface area contributed by atoms with Crippen LogP contribution in [0.25, 0.3) is 0 Å². The van der Waals surface area contributed by atoms with Gasteiger partial charge in [0.25, 0.3) is 0 Å². The van der Waals surface area contributed by atoms with Crippen LogP contribution in [-0.2, 0) is 9.59 Å². The van der Waals surface area contributed by atoms with E-state index in [1.54, 1.807) is 28.0 Å². The zero-order valence-electron chi connectivity index (χ0n) is 12.3. The van der Waals surface area contributed by atoms with Crippen molar-refractivity contribution in [3.05, 3.63) is 38.0 Å². The van der Waals surface area contributed by atoms with Crippen LogP contribution in [-0.4, -0.2) is 60.4 Å². The van der Waals surface area contributed by atoms with E-state index in [0.717, 1.165) is 0 Å². The van der Waals surface area contributed by atoms with Gasteiger partial charge in [0.05, 0.1) is 12.5 Å². The standard InChI is InChI=1S/C15H23N3O2.ClH/c1-4-8-17(9-5-2)14(19)12-13-15(20)18(10-6-3)11-7-16-13;/h4-6,13,16H,1-3,7-12H2;1H. The lowest BCUT2D eigenvalue weighted by Crippen LogP contribution is -2.56. The van der Waals surface area contributed by atoms with Crippen molar-refractivity contribution in [2.24, 2.45) is 0 Å². The molecule has 5 nitrogen and oxygen atoms in total. The summed E-state index contributed by atoms with van der Waals surface area (Å²) in [6, 6.07) is -0.451. The average Bonchev–Trinajstić information content (AvgIpc) is 2.43. The number of carbonyl (C=O) groups excluding carboxylic acids is 2. The fraction of sp³-hybridized carbons (Fsp3) is 0.467. The zero-order valence-corrected chi connectivity index (χ0v) is 13.1. The summed E-state index contributed by atoms with van der Waals surface area (Å²) >= 11 is 0. The first-order valence-electron chi connectivity index (χ1n) is 6.76. The summed E-state index contributed by atoms with van der Waals surface area (Å²) in [6.07, 6.45) is 5.20. The number of halogens is 1. The van der Waals surface area contributed by atoms with Crippen LogP contribution >= 0.6 is 12.4 Å². The predicted octanol–water partition coefficient (Wildman–Crippen LogP) is 0.985. The summed E-state index contributed by atoms with van der Waals surface area (Å²) in [5.74, 6) is -0.113. The maximum absolute atomic E-state index is 12.2. The number of rotatable bonds is 8. The molecule has 0 spiro atoms. The Balaban J connectivity index is 0.00000400. The minimum absolute atomic E-state index is 0. The quantitative estimate of drug-likeness (QED) is 0.680. The second kappa shape index (κ2) is 10.2. The van der Waals surface area contributed by atoms with Gasteiger partial charge in [0.2, 0.25) is 11.8 Å². The van der Waals surface area contributed by atoms with Gasteiger partial charge in [-0.2, -0.15) is 0 Å². The topological polar surface area (TPSA) is 52.7 Å². The highest BCUT2D eigenvalue weighted by Crippen LogP contribution is 2.07. The Kier molecular flexibility index (Phi) is 9.41. The van der Waals surface area contributed by atoms with Crippen molar-refractivity contribution >= 4 is 24.2 Å². The van der Waals surface area contributed by atoms with Crippen molar-refractivity contribution in [1.82, 2.24) is 15.1 Å². The van der Waals surface area contributed by atoms with E-state index < -0.39 is 6.04 Å². The average molecular weight is 314 g/mol. The largest absolute Gasteiger partial charge is 0.336 e. The Hall–Kier alpha value is -1.59.